The van der Waals surface area contributed by atoms with Gasteiger partial charge in [0.05, 0.1) is 5.69 Å². The quantitative estimate of drug-likeness (QED) is 0.822. The summed E-state index contributed by atoms with van der Waals surface area (Å²) in [6.07, 6.45) is 0. The highest BCUT2D eigenvalue weighted by atomic mass is 19.1. The number of rotatable bonds is 3. The zero-order chi connectivity index (χ0) is 14.0. The molecule has 0 aliphatic rings. The van der Waals surface area contributed by atoms with Crippen molar-refractivity contribution in [1.82, 2.24) is 0 Å². The van der Waals surface area contributed by atoms with Gasteiger partial charge in [0, 0.05) is 6.04 Å². The SMILES string of the molecule is Cc1ccc(F)c(NC(C)c2ccc(C)c(C)c2)c1. The van der Waals surface area contributed by atoms with Crippen LogP contribution in [-0.2, 0) is 0 Å². The zero-order valence-electron chi connectivity index (χ0n) is 11.9. The smallest absolute Gasteiger partial charge is 0.146 e. The Hall–Kier alpha value is -1.83. The van der Waals surface area contributed by atoms with Crippen LogP contribution in [0.5, 0.6) is 0 Å². The van der Waals surface area contributed by atoms with Gasteiger partial charge in [0.2, 0.25) is 0 Å². The fourth-order valence-electron chi connectivity index (χ4n) is 2.10. The van der Waals surface area contributed by atoms with Gasteiger partial charge in [-0.1, -0.05) is 24.3 Å². The Morgan fingerprint density at radius 2 is 1.68 bits per heavy atom. The Labute approximate surface area is 114 Å². The summed E-state index contributed by atoms with van der Waals surface area (Å²) in [6, 6.07) is 11.6. The van der Waals surface area contributed by atoms with Crippen molar-refractivity contribution in [2.45, 2.75) is 33.7 Å². The van der Waals surface area contributed by atoms with Crippen LogP contribution in [0.15, 0.2) is 36.4 Å². The van der Waals surface area contributed by atoms with Crippen molar-refractivity contribution in [2.75, 3.05) is 5.32 Å². The Morgan fingerprint density at radius 1 is 0.947 bits per heavy atom. The molecule has 1 nitrogen and oxygen atoms in total. The molecule has 0 bridgehead atoms. The fraction of sp³-hybridized carbons (Fsp3) is 0.294. The second-order valence-corrected chi connectivity index (χ2v) is 5.19. The van der Waals surface area contributed by atoms with Gasteiger partial charge in [-0.05, 0) is 62.1 Å². The molecule has 1 atom stereocenters. The van der Waals surface area contributed by atoms with Gasteiger partial charge in [-0.15, -0.1) is 0 Å². The molecule has 2 heteroatoms. The van der Waals surface area contributed by atoms with Crippen LogP contribution in [0, 0.1) is 26.6 Å². The number of benzene rings is 2. The summed E-state index contributed by atoms with van der Waals surface area (Å²) in [7, 11) is 0. The first-order valence-electron chi connectivity index (χ1n) is 6.57. The molecule has 0 amide bonds. The molecule has 0 saturated heterocycles. The van der Waals surface area contributed by atoms with Gasteiger partial charge in [-0.3, -0.25) is 0 Å². The average Bonchev–Trinajstić information content (AvgIpc) is 2.37. The van der Waals surface area contributed by atoms with Crippen molar-refractivity contribution in [3.63, 3.8) is 0 Å². The van der Waals surface area contributed by atoms with E-state index in [4.69, 9.17) is 0 Å². The van der Waals surface area contributed by atoms with Crippen molar-refractivity contribution >= 4 is 5.69 Å². The molecule has 0 heterocycles. The largest absolute Gasteiger partial charge is 0.376 e. The van der Waals surface area contributed by atoms with Crippen molar-refractivity contribution in [1.29, 1.82) is 0 Å². The zero-order valence-corrected chi connectivity index (χ0v) is 11.9. The first kappa shape index (κ1) is 13.6. The number of hydrogen-bond acceptors (Lipinski definition) is 1. The van der Waals surface area contributed by atoms with Crippen LogP contribution in [0.25, 0.3) is 0 Å². The molecule has 0 aliphatic carbocycles. The number of halogens is 1. The highest BCUT2D eigenvalue weighted by molar-refractivity contribution is 5.49. The first-order chi connectivity index (χ1) is 8.97. The van der Waals surface area contributed by atoms with E-state index in [9.17, 15) is 4.39 Å². The highest BCUT2D eigenvalue weighted by Gasteiger charge is 2.09. The summed E-state index contributed by atoms with van der Waals surface area (Å²) in [5.74, 6) is -0.207. The normalized spacial score (nSPS) is 12.3. The third-order valence-corrected chi connectivity index (χ3v) is 3.52. The maximum absolute atomic E-state index is 13.7. The Kier molecular flexibility index (Phi) is 3.89. The summed E-state index contributed by atoms with van der Waals surface area (Å²) in [6.45, 7) is 8.20. The number of nitrogens with one attached hydrogen (secondary N) is 1. The van der Waals surface area contributed by atoms with Gasteiger partial charge in [0.1, 0.15) is 5.82 Å². The highest BCUT2D eigenvalue weighted by Crippen LogP contribution is 2.24. The summed E-state index contributed by atoms with van der Waals surface area (Å²) < 4.78 is 13.7. The Balaban J connectivity index is 2.22. The summed E-state index contributed by atoms with van der Waals surface area (Å²) in [5.41, 5.74) is 5.32. The van der Waals surface area contributed by atoms with E-state index < -0.39 is 0 Å². The molecule has 0 aliphatic heterocycles. The van der Waals surface area contributed by atoms with Gasteiger partial charge in [-0.25, -0.2) is 4.39 Å². The molecule has 2 rings (SSSR count). The number of aryl methyl sites for hydroxylation is 3. The lowest BCUT2D eigenvalue weighted by molar-refractivity contribution is 0.627. The van der Waals surface area contributed by atoms with Crippen LogP contribution in [0.2, 0.25) is 0 Å². The van der Waals surface area contributed by atoms with Gasteiger partial charge >= 0.3 is 0 Å². The van der Waals surface area contributed by atoms with Crippen LogP contribution < -0.4 is 5.32 Å². The van der Waals surface area contributed by atoms with Crippen molar-refractivity contribution < 1.29 is 4.39 Å². The molecule has 0 spiro atoms. The molecule has 1 unspecified atom stereocenters. The molecule has 0 saturated carbocycles. The minimum Gasteiger partial charge on any atom is -0.376 e. The van der Waals surface area contributed by atoms with E-state index in [1.165, 1.54) is 22.8 Å². The van der Waals surface area contributed by atoms with Gasteiger partial charge in [-0.2, -0.15) is 0 Å². The lowest BCUT2D eigenvalue weighted by Crippen LogP contribution is -2.08. The molecule has 0 radical (unpaired) electrons. The van der Waals surface area contributed by atoms with Gasteiger partial charge in [0.15, 0.2) is 0 Å². The third kappa shape index (κ3) is 3.14. The monoisotopic (exact) mass is 257 g/mol. The number of anilines is 1. The molecule has 1 N–H and O–H groups in total. The van der Waals surface area contributed by atoms with E-state index >= 15 is 0 Å². The minimum absolute atomic E-state index is 0.0793. The minimum atomic E-state index is -0.207. The summed E-state index contributed by atoms with van der Waals surface area (Å²) in [4.78, 5) is 0. The van der Waals surface area contributed by atoms with Gasteiger partial charge < -0.3 is 5.32 Å². The van der Waals surface area contributed by atoms with Crippen LogP contribution >= 0.6 is 0 Å². The van der Waals surface area contributed by atoms with E-state index in [0.29, 0.717) is 5.69 Å². The predicted octanol–water partition coefficient (Wildman–Crippen LogP) is 4.92. The molecule has 2 aromatic rings. The average molecular weight is 257 g/mol. The van der Waals surface area contributed by atoms with Gasteiger partial charge in [0.25, 0.3) is 0 Å². The summed E-state index contributed by atoms with van der Waals surface area (Å²) in [5, 5.41) is 3.24. The fourth-order valence-corrected chi connectivity index (χ4v) is 2.10. The Morgan fingerprint density at radius 3 is 2.37 bits per heavy atom. The molecule has 19 heavy (non-hydrogen) atoms. The molecular formula is C17H20FN. The standard InChI is InChI=1S/C17H20FN/c1-11-5-8-16(18)17(9-11)19-14(4)15-7-6-12(2)13(3)10-15/h5-10,14,19H,1-4H3. The predicted molar refractivity (Wildman–Crippen MR) is 79.1 cm³/mol. The first-order valence-corrected chi connectivity index (χ1v) is 6.57. The van der Waals surface area contributed by atoms with E-state index in [1.54, 1.807) is 6.07 Å². The molecular weight excluding hydrogens is 237 g/mol. The van der Waals surface area contributed by atoms with Crippen LogP contribution in [0.4, 0.5) is 10.1 Å². The lowest BCUT2D eigenvalue weighted by atomic mass is 10.0. The molecule has 2 aromatic carbocycles. The lowest BCUT2D eigenvalue weighted by Gasteiger charge is -2.17. The second-order valence-electron chi connectivity index (χ2n) is 5.19. The molecule has 0 fully saturated rings. The van der Waals surface area contributed by atoms with E-state index in [2.05, 4.69) is 37.4 Å². The second kappa shape index (κ2) is 5.43. The Bertz CT molecular complexity index is 590. The van der Waals surface area contributed by atoms with Crippen LogP contribution in [-0.4, -0.2) is 0 Å². The van der Waals surface area contributed by atoms with Crippen molar-refractivity contribution in [2.24, 2.45) is 0 Å². The maximum Gasteiger partial charge on any atom is 0.146 e. The van der Waals surface area contributed by atoms with E-state index in [-0.39, 0.29) is 11.9 Å². The topological polar surface area (TPSA) is 12.0 Å². The van der Waals surface area contributed by atoms with Crippen LogP contribution in [0.1, 0.15) is 35.2 Å². The van der Waals surface area contributed by atoms with E-state index in [1.807, 2.05) is 19.9 Å². The summed E-state index contributed by atoms with van der Waals surface area (Å²) >= 11 is 0. The molecule has 0 aromatic heterocycles. The third-order valence-electron chi connectivity index (χ3n) is 3.52. The van der Waals surface area contributed by atoms with Crippen molar-refractivity contribution in [3.05, 3.63) is 64.5 Å². The van der Waals surface area contributed by atoms with Crippen molar-refractivity contribution in [3.8, 4) is 0 Å². The molecule has 100 valence electrons. The number of hydrogen-bond donors (Lipinski definition) is 1. The van der Waals surface area contributed by atoms with Crippen LogP contribution in [0.3, 0.4) is 0 Å². The maximum atomic E-state index is 13.7. The van der Waals surface area contributed by atoms with E-state index in [0.717, 1.165) is 5.56 Å².